The van der Waals surface area contributed by atoms with E-state index in [1.54, 1.807) is 0 Å². The number of nitrogens with one attached hydrogen (secondary N) is 1. The van der Waals surface area contributed by atoms with E-state index in [-0.39, 0.29) is 6.10 Å². The Morgan fingerprint density at radius 2 is 2.20 bits per heavy atom. The fourth-order valence-corrected chi connectivity index (χ4v) is 3.54. The Morgan fingerprint density at radius 3 is 2.80 bits per heavy atom. The molecule has 0 aromatic heterocycles. The first-order valence-corrected chi connectivity index (χ1v) is 6.68. The molecule has 2 heteroatoms. The van der Waals surface area contributed by atoms with Gasteiger partial charge in [-0.3, -0.25) is 0 Å². The van der Waals surface area contributed by atoms with Crippen LogP contribution in [0.25, 0.3) is 0 Å². The first-order valence-electron chi connectivity index (χ1n) is 6.68. The summed E-state index contributed by atoms with van der Waals surface area (Å²) in [6.07, 6.45) is 7.84. The van der Waals surface area contributed by atoms with Crippen LogP contribution < -0.4 is 5.32 Å². The topological polar surface area (TPSA) is 32.3 Å². The van der Waals surface area contributed by atoms with E-state index in [2.05, 4.69) is 12.2 Å². The van der Waals surface area contributed by atoms with Gasteiger partial charge in [-0.2, -0.15) is 0 Å². The molecule has 2 rings (SSSR count). The van der Waals surface area contributed by atoms with Crippen molar-refractivity contribution in [1.29, 1.82) is 0 Å². The molecule has 2 fully saturated rings. The molecular weight excluding hydrogens is 186 g/mol. The van der Waals surface area contributed by atoms with Crippen LogP contribution in [0.3, 0.4) is 0 Å². The molecule has 88 valence electrons. The van der Waals surface area contributed by atoms with Gasteiger partial charge in [0.1, 0.15) is 0 Å². The molecule has 2 nitrogen and oxygen atoms in total. The van der Waals surface area contributed by atoms with Crippen LogP contribution >= 0.6 is 0 Å². The predicted molar refractivity (Wildman–Crippen MR) is 62.7 cm³/mol. The summed E-state index contributed by atoms with van der Waals surface area (Å²) in [5, 5.41) is 13.2. The number of aliphatic hydroxyl groups excluding tert-OH is 1. The monoisotopic (exact) mass is 211 g/mol. The van der Waals surface area contributed by atoms with Crippen molar-refractivity contribution in [3.05, 3.63) is 0 Å². The van der Waals surface area contributed by atoms with Gasteiger partial charge in [-0.15, -0.1) is 0 Å². The zero-order chi connectivity index (χ0) is 10.7. The summed E-state index contributed by atoms with van der Waals surface area (Å²) >= 11 is 0. The van der Waals surface area contributed by atoms with E-state index >= 15 is 0 Å². The molecule has 2 bridgehead atoms. The van der Waals surface area contributed by atoms with Crippen molar-refractivity contribution in [2.24, 2.45) is 17.8 Å². The Balaban J connectivity index is 1.64. The van der Waals surface area contributed by atoms with Crippen LogP contribution in [0.1, 0.15) is 45.4 Å². The Morgan fingerprint density at radius 1 is 1.33 bits per heavy atom. The molecule has 0 amide bonds. The summed E-state index contributed by atoms with van der Waals surface area (Å²) in [4.78, 5) is 0. The highest BCUT2D eigenvalue weighted by molar-refractivity contribution is 4.90. The van der Waals surface area contributed by atoms with E-state index in [0.29, 0.717) is 0 Å². The third-order valence-electron chi connectivity index (χ3n) is 4.27. The van der Waals surface area contributed by atoms with Gasteiger partial charge in [0.2, 0.25) is 0 Å². The number of aliphatic hydroxyl groups is 1. The summed E-state index contributed by atoms with van der Waals surface area (Å²) in [6.45, 7) is 3.99. The Bertz CT molecular complexity index is 195. The van der Waals surface area contributed by atoms with Gasteiger partial charge < -0.3 is 10.4 Å². The van der Waals surface area contributed by atoms with Gasteiger partial charge in [-0.25, -0.2) is 0 Å². The maximum atomic E-state index is 9.90. The van der Waals surface area contributed by atoms with E-state index in [1.807, 2.05) is 0 Å². The van der Waals surface area contributed by atoms with Crippen molar-refractivity contribution >= 4 is 0 Å². The molecule has 15 heavy (non-hydrogen) atoms. The molecule has 0 radical (unpaired) electrons. The molecule has 4 atom stereocenters. The molecule has 0 aliphatic heterocycles. The van der Waals surface area contributed by atoms with E-state index in [4.69, 9.17) is 0 Å². The molecular formula is C13H25NO. The van der Waals surface area contributed by atoms with Crippen LogP contribution in [0.4, 0.5) is 0 Å². The molecule has 0 aromatic rings. The minimum atomic E-state index is -0.110. The van der Waals surface area contributed by atoms with E-state index in [1.165, 1.54) is 25.7 Å². The van der Waals surface area contributed by atoms with Crippen LogP contribution in [0.15, 0.2) is 0 Å². The smallest absolute Gasteiger partial charge is 0.0667 e. The molecule has 2 N–H and O–H groups in total. The van der Waals surface area contributed by atoms with Crippen molar-refractivity contribution in [3.63, 3.8) is 0 Å². The summed E-state index contributed by atoms with van der Waals surface area (Å²) < 4.78 is 0. The lowest BCUT2D eigenvalue weighted by atomic mass is 9.85. The quantitative estimate of drug-likeness (QED) is 0.660. The van der Waals surface area contributed by atoms with Crippen LogP contribution in [-0.2, 0) is 0 Å². The van der Waals surface area contributed by atoms with Gasteiger partial charge in [0.25, 0.3) is 0 Å². The predicted octanol–water partition coefficient (Wildman–Crippen LogP) is 2.17. The molecule has 0 aromatic carbocycles. The van der Waals surface area contributed by atoms with Gasteiger partial charge in [-0.1, -0.05) is 13.3 Å². The van der Waals surface area contributed by atoms with E-state index in [0.717, 1.165) is 43.7 Å². The summed E-state index contributed by atoms with van der Waals surface area (Å²) in [7, 11) is 0. The van der Waals surface area contributed by atoms with Gasteiger partial charge in [0.05, 0.1) is 6.10 Å². The number of fused-ring (bicyclic) bond motifs is 2. The van der Waals surface area contributed by atoms with Crippen molar-refractivity contribution in [2.45, 2.75) is 51.6 Å². The maximum absolute atomic E-state index is 9.90. The highest BCUT2D eigenvalue weighted by Crippen LogP contribution is 2.49. The number of rotatable bonds is 6. The molecule has 2 aliphatic rings. The maximum Gasteiger partial charge on any atom is 0.0667 e. The van der Waals surface area contributed by atoms with Crippen molar-refractivity contribution < 1.29 is 5.11 Å². The second-order valence-corrected chi connectivity index (χ2v) is 5.53. The second kappa shape index (κ2) is 5.31. The minimum Gasteiger partial charge on any atom is -0.392 e. The Labute approximate surface area is 93.5 Å². The lowest BCUT2D eigenvalue weighted by molar-refractivity contribution is 0.123. The lowest BCUT2D eigenvalue weighted by Crippen LogP contribution is -2.30. The lowest BCUT2D eigenvalue weighted by Gasteiger charge is -2.24. The standard InChI is InChI=1S/C13H25NO/c1-2-5-14-9-13(15)8-12-7-10-3-4-11(12)6-10/h10-15H,2-9H2,1H3. The van der Waals surface area contributed by atoms with Gasteiger partial charge in [-0.05, 0) is 56.4 Å². The fraction of sp³-hybridized carbons (Fsp3) is 1.00. The second-order valence-electron chi connectivity index (χ2n) is 5.53. The first-order chi connectivity index (χ1) is 7.29. The zero-order valence-electron chi connectivity index (χ0n) is 9.91. The Kier molecular flexibility index (Phi) is 4.04. The summed E-state index contributed by atoms with van der Waals surface area (Å²) in [5.74, 6) is 2.80. The van der Waals surface area contributed by atoms with Gasteiger partial charge in [0, 0.05) is 6.54 Å². The molecule has 0 heterocycles. The fourth-order valence-electron chi connectivity index (χ4n) is 3.54. The third-order valence-corrected chi connectivity index (χ3v) is 4.27. The average Bonchev–Trinajstić information content (AvgIpc) is 2.79. The third kappa shape index (κ3) is 2.94. The number of hydrogen-bond acceptors (Lipinski definition) is 2. The minimum absolute atomic E-state index is 0.110. The van der Waals surface area contributed by atoms with Crippen molar-refractivity contribution in [1.82, 2.24) is 5.32 Å². The van der Waals surface area contributed by atoms with E-state index in [9.17, 15) is 5.11 Å². The molecule has 2 saturated carbocycles. The largest absolute Gasteiger partial charge is 0.392 e. The normalized spacial score (nSPS) is 36.0. The van der Waals surface area contributed by atoms with Crippen LogP contribution in [0.2, 0.25) is 0 Å². The van der Waals surface area contributed by atoms with E-state index < -0.39 is 0 Å². The molecule has 0 spiro atoms. The van der Waals surface area contributed by atoms with Crippen molar-refractivity contribution in [2.75, 3.05) is 13.1 Å². The van der Waals surface area contributed by atoms with Gasteiger partial charge in [0.15, 0.2) is 0 Å². The zero-order valence-corrected chi connectivity index (χ0v) is 9.91. The van der Waals surface area contributed by atoms with Crippen LogP contribution in [0.5, 0.6) is 0 Å². The molecule has 4 unspecified atom stereocenters. The SMILES string of the molecule is CCCNCC(O)CC1CC2CCC1C2. The molecule has 0 saturated heterocycles. The van der Waals surface area contributed by atoms with Crippen LogP contribution in [-0.4, -0.2) is 24.3 Å². The molecule has 2 aliphatic carbocycles. The highest BCUT2D eigenvalue weighted by Gasteiger charge is 2.39. The van der Waals surface area contributed by atoms with Crippen molar-refractivity contribution in [3.8, 4) is 0 Å². The average molecular weight is 211 g/mol. The Hall–Kier alpha value is -0.0800. The highest BCUT2D eigenvalue weighted by atomic mass is 16.3. The summed E-state index contributed by atoms with van der Waals surface area (Å²) in [5.41, 5.74) is 0. The number of hydrogen-bond donors (Lipinski definition) is 2. The summed E-state index contributed by atoms with van der Waals surface area (Å²) in [6, 6.07) is 0. The van der Waals surface area contributed by atoms with Gasteiger partial charge >= 0.3 is 0 Å². The van der Waals surface area contributed by atoms with Crippen LogP contribution in [0, 0.1) is 17.8 Å². The first kappa shape index (κ1) is 11.4.